The lowest BCUT2D eigenvalue weighted by molar-refractivity contribution is -0.149. The highest BCUT2D eigenvalue weighted by atomic mass is 16.5. The highest BCUT2D eigenvalue weighted by molar-refractivity contribution is 6.38. The molecule has 0 saturated heterocycles. The third-order valence-corrected chi connectivity index (χ3v) is 0.718. The Labute approximate surface area is 58.7 Å². The minimum atomic E-state index is -0.911. The van der Waals surface area contributed by atoms with Gasteiger partial charge in [0.15, 0.2) is 0 Å². The van der Waals surface area contributed by atoms with Gasteiger partial charge in [0, 0.05) is 6.08 Å². The molecule has 0 fully saturated rings. The summed E-state index contributed by atoms with van der Waals surface area (Å²) in [5.74, 6) is 0.408. The van der Waals surface area contributed by atoms with E-state index in [0.29, 0.717) is 0 Å². The number of methoxy groups -OCH3 is 1. The largest absolute Gasteiger partial charge is 0.463 e. The van der Waals surface area contributed by atoms with Crippen molar-refractivity contribution in [2.75, 3.05) is 7.11 Å². The first kappa shape index (κ1) is 8.44. The van der Waals surface area contributed by atoms with E-state index in [0.717, 1.165) is 19.3 Å². The van der Waals surface area contributed by atoms with E-state index >= 15 is 0 Å². The summed E-state index contributed by atoms with van der Waals surface area (Å²) in [7, 11) is 1.13. The number of esters is 1. The average Bonchev–Trinajstić information content (AvgIpc) is 1.98. The SMILES string of the molecule is C#C/C=C/C(=O)C(=O)OC. The molecule has 0 N–H and O–H groups in total. The molecular weight excluding hydrogens is 132 g/mol. The van der Waals surface area contributed by atoms with E-state index in [4.69, 9.17) is 6.42 Å². The smallest absolute Gasteiger partial charge is 0.378 e. The fourth-order valence-electron chi connectivity index (χ4n) is 0.292. The van der Waals surface area contributed by atoms with Crippen LogP contribution in [0.1, 0.15) is 0 Å². The van der Waals surface area contributed by atoms with Crippen molar-refractivity contribution in [1.29, 1.82) is 0 Å². The molecule has 0 radical (unpaired) electrons. The second-order valence-corrected chi connectivity index (χ2v) is 1.36. The van der Waals surface area contributed by atoms with E-state index in [1.165, 1.54) is 0 Å². The van der Waals surface area contributed by atoms with Crippen molar-refractivity contribution in [2.45, 2.75) is 0 Å². The number of carbonyl (C=O) groups excluding carboxylic acids is 2. The maximum absolute atomic E-state index is 10.5. The van der Waals surface area contributed by atoms with Gasteiger partial charge in [-0.05, 0) is 6.08 Å². The van der Waals surface area contributed by atoms with Gasteiger partial charge in [-0.25, -0.2) is 4.79 Å². The second kappa shape index (κ2) is 4.33. The molecule has 0 aliphatic heterocycles. The molecular formula is C7H6O3. The molecule has 0 aromatic carbocycles. The van der Waals surface area contributed by atoms with Crippen LogP contribution in [0.4, 0.5) is 0 Å². The van der Waals surface area contributed by atoms with Gasteiger partial charge in [0.05, 0.1) is 7.11 Å². The van der Waals surface area contributed by atoms with Gasteiger partial charge in [0.1, 0.15) is 0 Å². The van der Waals surface area contributed by atoms with Crippen LogP contribution in [0.25, 0.3) is 0 Å². The van der Waals surface area contributed by atoms with E-state index < -0.39 is 11.8 Å². The minimum Gasteiger partial charge on any atom is -0.463 e. The Bertz CT molecular complexity index is 207. The molecule has 10 heavy (non-hydrogen) atoms. The average molecular weight is 138 g/mol. The lowest BCUT2D eigenvalue weighted by atomic mass is 10.3. The number of hydrogen-bond acceptors (Lipinski definition) is 3. The molecule has 3 heteroatoms. The van der Waals surface area contributed by atoms with E-state index in [-0.39, 0.29) is 0 Å². The van der Waals surface area contributed by atoms with Gasteiger partial charge >= 0.3 is 5.97 Å². The Morgan fingerprint density at radius 2 is 2.20 bits per heavy atom. The molecule has 52 valence electrons. The van der Waals surface area contributed by atoms with Gasteiger partial charge in [-0.3, -0.25) is 4.79 Å². The second-order valence-electron chi connectivity index (χ2n) is 1.36. The Morgan fingerprint density at radius 3 is 2.60 bits per heavy atom. The van der Waals surface area contributed by atoms with Gasteiger partial charge in [-0.2, -0.15) is 0 Å². The fourth-order valence-corrected chi connectivity index (χ4v) is 0.292. The topological polar surface area (TPSA) is 43.4 Å². The van der Waals surface area contributed by atoms with Gasteiger partial charge in [0.2, 0.25) is 0 Å². The molecule has 0 rings (SSSR count). The quantitative estimate of drug-likeness (QED) is 0.232. The maximum atomic E-state index is 10.5. The Morgan fingerprint density at radius 1 is 1.60 bits per heavy atom. The molecule has 0 spiro atoms. The number of rotatable bonds is 2. The zero-order valence-electron chi connectivity index (χ0n) is 5.46. The number of terminal acetylenes is 1. The van der Waals surface area contributed by atoms with Gasteiger partial charge in [-0.1, -0.05) is 5.92 Å². The molecule has 0 aliphatic rings. The first-order valence-corrected chi connectivity index (χ1v) is 2.47. The van der Waals surface area contributed by atoms with Crippen LogP contribution >= 0.6 is 0 Å². The molecule has 0 atom stereocenters. The van der Waals surface area contributed by atoms with Crippen LogP contribution in [0.5, 0.6) is 0 Å². The number of ketones is 1. The van der Waals surface area contributed by atoms with Gasteiger partial charge in [0.25, 0.3) is 5.78 Å². The number of allylic oxidation sites excluding steroid dienone is 1. The van der Waals surface area contributed by atoms with E-state index in [1.54, 1.807) is 0 Å². The molecule has 0 aromatic heterocycles. The standard InChI is InChI=1S/C7H6O3/c1-3-4-5-6(8)7(9)10-2/h1,4-5H,2H3/b5-4+. The summed E-state index contributed by atoms with van der Waals surface area (Å²) in [4.78, 5) is 20.8. The molecule has 0 aromatic rings. The van der Waals surface area contributed by atoms with Crippen molar-refractivity contribution in [3.63, 3.8) is 0 Å². The van der Waals surface area contributed by atoms with E-state index in [2.05, 4.69) is 10.7 Å². The monoisotopic (exact) mass is 138 g/mol. The molecule has 0 aliphatic carbocycles. The van der Waals surface area contributed by atoms with Crippen molar-refractivity contribution in [2.24, 2.45) is 0 Å². The molecule has 0 bridgehead atoms. The van der Waals surface area contributed by atoms with Crippen LogP contribution < -0.4 is 0 Å². The first-order valence-electron chi connectivity index (χ1n) is 2.47. The summed E-state index contributed by atoms with van der Waals surface area (Å²) in [6.07, 6.45) is 6.89. The van der Waals surface area contributed by atoms with Crippen LogP contribution in [-0.2, 0) is 14.3 Å². The van der Waals surface area contributed by atoms with Gasteiger partial charge < -0.3 is 4.74 Å². The predicted octanol–water partition coefficient (Wildman–Crippen LogP) is -0.0821. The zero-order valence-corrected chi connectivity index (χ0v) is 5.46. The highest BCUT2D eigenvalue weighted by Crippen LogP contribution is 1.79. The number of hydrogen-bond donors (Lipinski definition) is 0. The summed E-state index contributed by atoms with van der Waals surface area (Å²) < 4.78 is 4.10. The summed E-state index contributed by atoms with van der Waals surface area (Å²) in [5, 5.41) is 0. The van der Waals surface area contributed by atoms with Crippen LogP contribution in [-0.4, -0.2) is 18.9 Å². The van der Waals surface area contributed by atoms with Crippen molar-refractivity contribution >= 4 is 11.8 Å². The molecule has 0 heterocycles. The molecule has 0 saturated carbocycles. The lowest BCUT2D eigenvalue weighted by Crippen LogP contribution is -2.11. The highest BCUT2D eigenvalue weighted by Gasteiger charge is 2.07. The maximum Gasteiger partial charge on any atom is 0.378 e. The van der Waals surface area contributed by atoms with Crippen LogP contribution in [0.3, 0.4) is 0 Å². The summed E-state index contributed by atoms with van der Waals surface area (Å²) in [6, 6.07) is 0. The zero-order chi connectivity index (χ0) is 7.98. The van der Waals surface area contributed by atoms with Crippen LogP contribution in [0.2, 0.25) is 0 Å². The van der Waals surface area contributed by atoms with Crippen molar-refractivity contribution in [3.8, 4) is 12.3 Å². The molecule has 0 amide bonds. The Hall–Kier alpha value is -1.56. The molecule has 0 unspecified atom stereocenters. The van der Waals surface area contributed by atoms with Crippen LogP contribution in [0.15, 0.2) is 12.2 Å². The molecule has 3 nitrogen and oxygen atoms in total. The summed E-state index contributed by atoms with van der Waals surface area (Å²) in [6.45, 7) is 0. The normalized spacial score (nSPS) is 8.80. The van der Waals surface area contributed by atoms with Crippen molar-refractivity contribution in [3.05, 3.63) is 12.2 Å². The van der Waals surface area contributed by atoms with E-state index in [1.807, 2.05) is 0 Å². The minimum absolute atomic E-state index is 0.750. The third kappa shape index (κ3) is 2.68. The van der Waals surface area contributed by atoms with Crippen molar-refractivity contribution in [1.82, 2.24) is 0 Å². The number of carbonyl (C=O) groups is 2. The summed E-state index contributed by atoms with van der Waals surface area (Å²) in [5.41, 5.74) is 0. The Kier molecular flexibility index (Phi) is 3.66. The first-order chi connectivity index (χ1) is 4.72. The van der Waals surface area contributed by atoms with Gasteiger partial charge in [-0.15, -0.1) is 6.42 Å². The fraction of sp³-hybridized carbons (Fsp3) is 0.143. The third-order valence-electron chi connectivity index (χ3n) is 0.718. The lowest BCUT2D eigenvalue weighted by Gasteiger charge is -1.88. The number of ether oxygens (including phenoxy) is 1. The summed E-state index contributed by atoms with van der Waals surface area (Å²) >= 11 is 0. The van der Waals surface area contributed by atoms with Crippen LogP contribution in [0, 0.1) is 12.3 Å². The Balaban J connectivity index is 4.01. The van der Waals surface area contributed by atoms with E-state index in [9.17, 15) is 9.59 Å². The van der Waals surface area contributed by atoms with Crippen molar-refractivity contribution < 1.29 is 14.3 Å². The predicted molar refractivity (Wildman–Crippen MR) is 35.0 cm³/mol.